The number of halogens is 3. The quantitative estimate of drug-likeness (QED) is 0.475. The summed E-state index contributed by atoms with van der Waals surface area (Å²) in [5.41, 5.74) is 1.95. The standard InChI is InChI=1S/C29H32F3N3O5/c1-39-28(38)19-4-2-18(3-5-19)17-40-24-7-6-21(30)12-20(24)16-34-8-10-35(11-9-34)25(36)15-33-27(37)26-22-13-29(31,32)14-23(22)26/h2-7,12,22-23,26H,8-11,13-17H2,1H3,(H,33,37). The minimum atomic E-state index is -2.67. The first-order valence-electron chi connectivity index (χ1n) is 13.4. The minimum absolute atomic E-state index is 0.145. The van der Waals surface area contributed by atoms with Crippen molar-refractivity contribution in [3.8, 4) is 5.75 Å². The average molecular weight is 560 g/mol. The number of alkyl halides is 2. The van der Waals surface area contributed by atoms with E-state index < -0.39 is 17.8 Å². The molecule has 2 aliphatic carbocycles. The number of piperazine rings is 1. The summed E-state index contributed by atoms with van der Waals surface area (Å²) in [6, 6.07) is 11.2. The second kappa shape index (κ2) is 11.5. The molecule has 0 bridgehead atoms. The van der Waals surface area contributed by atoms with Crippen LogP contribution in [0, 0.1) is 23.6 Å². The van der Waals surface area contributed by atoms with Crippen LogP contribution >= 0.6 is 0 Å². The highest BCUT2D eigenvalue weighted by Gasteiger charge is 2.65. The predicted molar refractivity (Wildman–Crippen MR) is 138 cm³/mol. The molecule has 40 heavy (non-hydrogen) atoms. The monoisotopic (exact) mass is 559 g/mol. The Hall–Kier alpha value is -3.60. The number of nitrogens with zero attached hydrogens (tertiary/aromatic N) is 2. The van der Waals surface area contributed by atoms with Crippen LogP contribution in [-0.2, 0) is 27.5 Å². The largest absolute Gasteiger partial charge is 0.489 e. The summed E-state index contributed by atoms with van der Waals surface area (Å²) in [5.74, 6) is -4.37. The second-order valence-electron chi connectivity index (χ2n) is 10.7. The van der Waals surface area contributed by atoms with E-state index in [1.165, 1.54) is 19.2 Å². The van der Waals surface area contributed by atoms with E-state index in [1.54, 1.807) is 35.2 Å². The number of benzene rings is 2. The molecule has 2 saturated carbocycles. The van der Waals surface area contributed by atoms with Crippen molar-refractivity contribution >= 4 is 17.8 Å². The van der Waals surface area contributed by atoms with E-state index in [-0.39, 0.29) is 55.5 Å². The minimum Gasteiger partial charge on any atom is -0.489 e. The maximum absolute atomic E-state index is 14.1. The van der Waals surface area contributed by atoms with Crippen molar-refractivity contribution in [2.75, 3.05) is 39.8 Å². The van der Waals surface area contributed by atoms with Crippen LogP contribution in [0.3, 0.4) is 0 Å². The molecule has 1 N–H and O–H groups in total. The third-order valence-corrected chi connectivity index (χ3v) is 8.03. The van der Waals surface area contributed by atoms with Crippen molar-refractivity contribution in [2.45, 2.75) is 31.9 Å². The van der Waals surface area contributed by atoms with Crippen molar-refractivity contribution in [1.29, 1.82) is 0 Å². The fourth-order valence-electron chi connectivity index (χ4n) is 5.78. The zero-order valence-electron chi connectivity index (χ0n) is 22.2. The fraction of sp³-hybridized carbons (Fsp3) is 0.483. The van der Waals surface area contributed by atoms with Gasteiger partial charge in [-0.15, -0.1) is 0 Å². The molecule has 0 radical (unpaired) electrons. The number of ether oxygens (including phenoxy) is 2. The van der Waals surface area contributed by atoms with E-state index in [2.05, 4.69) is 10.2 Å². The van der Waals surface area contributed by atoms with Gasteiger partial charge < -0.3 is 19.7 Å². The van der Waals surface area contributed by atoms with E-state index in [1.807, 2.05) is 0 Å². The third-order valence-electron chi connectivity index (χ3n) is 8.03. The highest BCUT2D eigenvalue weighted by atomic mass is 19.3. The highest BCUT2D eigenvalue weighted by Crippen LogP contribution is 2.62. The van der Waals surface area contributed by atoms with Crippen molar-refractivity contribution in [2.24, 2.45) is 17.8 Å². The summed E-state index contributed by atoms with van der Waals surface area (Å²) in [7, 11) is 1.32. The molecular weight excluding hydrogens is 527 g/mol. The van der Waals surface area contributed by atoms with Gasteiger partial charge in [0.25, 0.3) is 0 Å². The summed E-state index contributed by atoms with van der Waals surface area (Å²) >= 11 is 0. The molecule has 2 amide bonds. The molecule has 0 aromatic heterocycles. The molecule has 2 aromatic rings. The lowest BCUT2D eigenvalue weighted by Gasteiger charge is -2.35. The first-order chi connectivity index (χ1) is 19.1. The molecule has 2 atom stereocenters. The Bertz CT molecular complexity index is 1250. The molecule has 0 spiro atoms. The predicted octanol–water partition coefficient (Wildman–Crippen LogP) is 3.24. The molecule has 1 saturated heterocycles. The Morgan fingerprint density at radius 3 is 2.33 bits per heavy atom. The van der Waals surface area contributed by atoms with Crippen molar-refractivity contribution < 1.29 is 37.0 Å². The number of carbonyl (C=O) groups is 3. The molecule has 8 nitrogen and oxygen atoms in total. The Morgan fingerprint density at radius 1 is 1.00 bits per heavy atom. The molecule has 1 aliphatic heterocycles. The molecule has 2 aromatic carbocycles. The Labute approximate surface area is 230 Å². The van der Waals surface area contributed by atoms with Crippen LogP contribution in [0.2, 0.25) is 0 Å². The maximum atomic E-state index is 14.1. The molecule has 3 fully saturated rings. The van der Waals surface area contributed by atoms with Gasteiger partial charge in [-0.2, -0.15) is 0 Å². The smallest absolute Gasteiger partial charge is 0.337 e. The average Bonchev–Trinajstić information content (AvgIpc) is 3.48. The van der Waals surface area contributed by atoms with Crippen LogP contribution in [0.4, 0.5) is 13.2 Å². The summed E-state index contributed by atoms with van der Waals surface area (Å²) in [6.45, 7) is 2.55. The molecule has 214 valence electrons. The van der Waals surface area contributed by atoms with Crippen LogP contribution in [0.15, 0.2) is 42.5 Å². The molecule has 11 heteroatoms. The van der Waals surface area contributed by atoms with Crippen molar-refractivity contribution in [3.05, 3.63) is 65.0 Å². The lowest BCUT2D eigenvalue weighted by molar-refractivity contribution is -0.135. The van der Waals surface area contributed by atoms with Crippen molar-refractivity contribution in [3.63, 3.8) is 0 Å². The van der Waals surface area contributed by atoms with Gasteiger partial charge in [-0.05, 0) is 47.7 Å². The van der Waals surface area contributed by atoms with Crippen molar-refractivity contribution in [1.82, 2.24) is 15.1 Å². The number of methoxy groups -OCH3 is 1. The Morgan fingerprint density at radius 2 is 1.68 bits per heavy atom. The third kappa shape index (κ3) is 6.41. The second-order valence-corrected chi connectivity index (χ2v) is 10.7. The molecule has 3 aliphatic rings. The number of fused-ring (bicyclic) bond motifs is 1. The SMILES string of the molecule is COC(=O)c1ccc(COc2ccc(F)cc2CN2CCN(C(=O)CNC(=O)C3C4CC(F)(F)CC43)CC2)cc1. The molecule has 5 rings (SSSR count). The summed E-state index contributed by atoms with van der Waals surface area (Å²) in [4.78, 5) is 40.3. The zero-order valence-corrected chi connectivity index (χ0v) is 22.2. The van der Waals surface area contributed by atoms with E-state index in [9.17, 15) is 27.6 Å². The topological polar surface area (TPSA) is 88.2 Å². The number of nitrogens with one attached hydrogen (secondary N) is 1. The van der Waals surface area contributed by atoms with E-state index in [4.69, 9.17) is 9.47 Å². The van der Waals surface area contributed by atoms with Gasteiger partial charge in [-0.3, -0.25) is 14.5 Å². The van der Waals surface area contributed by atoms with Gasteiger partial charge >= 0.3 is 5.97 Å². The number of amides is 2. The van der Waals surface area contributed by atoms with E-state index in [0.717, 1.165) is 5.56 Å². The van der Waals surface area contributed by atoms with Gasteiger partial charge in [0.2, 0.25) is 17.7 Å². The van der Waals surface area contributed by atoms with Gasteiger partial charge in [0.05, 0.1) is 19.2 Å². The van der Waals surface area contributed by atoms with Crippen LogP contribution in [0.5, 0.6) is 5.75 Å². The highest BCUT2D eigenvalue weighted by molar-refractivity contribution is 5.89. The molecular formula is C29H32F3N3O5. The van der Waals surface area contributed by atoms with Gasteiger partial charge in [-0.25, -0.2) is 18.0 Å². The zero-order chi connectivity index (χ0) is 28.4. The number of hydrogen-bond donors (Lipinski definition) is 1. The normalized spacial score (nSPS) is 23.3. The lowest BCUT2D eigenvalue weighted by Crippen LogP contribution is -2.51. The summed E-state index contributed by atoms with van der Waals surface area (Å²) < 4.78 is 51.4. The maximum Gasteiger partial charge on any atom is 0.337 e. The van der Waals surface area contributed by atoms with Crippen LogP contribution in [-0.4, -0.2) is 73.3 Å². The number of rotatable bonds is 9. The van der Waals surface area contributed by atoms with Crippen LogP contribution in [0.25, 0.3) is 0 Å². The Balaban J connectivity index is 1.07. The molecule has 2 unspecified atom stereocenters. The van der Waals surface area contributed by atoms with E-state index in [0.29, 0.717) is 49.6 Å². The van der Waals surface area contributed by atoms with Gasteiger partial charge in [0.15, 0.2) is 0 Å². The Kier molecular flexibility index (Phi) is 8.02. The summed E-state index contributed by atoms with van der Waals surface area (Å²) in [6.07, 6.45) is -0.484. The lowest BCUT2D eigenvalue weighted by atomic mass is 10.1. The van der Waals surface area contributed by atoms with Crippen LogP contribution in [0.1, 0.15) is 34.3 Å². The molecule has 1 heterocycles. The van der Waals surface area contributed by atoms with E-state index >= 15 is 0 Å². The number of esters is 1. The van der Waals surface area contributed by atoms with Crippen LogP contribution < -0.4 is 10.1 Å². The first-order valence-corrected chi connectivity index (χ1v) is 13.4. The van der Waals surface area contributed by atoms with Gasteiger partial charge in [-0.1, -0.05) is 12.1 Å². The summed E-state index contributed by atoms with van der Waals surface area (Å²) in [5, 5.41) is 2.63. The first kappa shape index (κ1) is 27.9. The number of hydrogen-bond acceptors (Lipinski definition) is 6. The van der Waals surface area contributed by atoms with Gasteiger partial charge in [0, 0.05) is 57.0 Å². The fourth-order valence-corrected chi connectivity index (χ4v) is 5.78. The number of carbonyl (C=O) groups excluding carboxylic acids is 3. The van der Waals surface area contributed by atoms with Gasteiger partial charge in [0.1, 0.15) is 18.2 Å².